The lowest BCUT2D eigenvalue weighted by atomic mass is 10.1. The molecule has 0 heterocycles. The number of methoxy groups -OCH3 is 1. The van der Waals surface area contributed by atoms with Crippen LogP contribution in [0.15, 0.2) is 18.2 Å². The zero-order valence-electron chi connectivity index (χ0n) is 8.89. The third-order valence-electron chi connectivity index (χ3n) is 2.19. The van der Waals surface area contributed by atoms with Gasteiger partial charge in [-0.2, -0.15) is 0 Å². The number of rotatable bonds is 5. The molecular formula is C11H15ClFNO. The van der Waals surface area contributed by atoms with E-state index in [1.807, 2.05) is 6.92 Å². The minimum absolute atomic E-state index is 0.0910. The number of hydrogen-bond donors (Lipinski definition) is 1. The van der Waals surface area contributed by atoms with Crippen molar-refractivity contribution in [2.75, 3.05) is 20.3 Å². The molecule has 1 aromatic rings. The van der Waals surface area contributed by atoms with E-state index in [2.05, 4.69) is 5.32 Å². The Bertz CT molecular complexity index is 319. The summed E-state index contributed by atoms with van der Waals surface area (Å²) in [6, 6.07) is 4.52. The van der Waals surface area contributed by atoms with Gasteiger partial charge in [-0.3, -0.25) is 0 Å². The Morgan fingerprint density at radius 3 is 2.87 bits per heavy atom. The van der Waals surface area contributed by atoms with Gasteiger partial charge in [0.05, 0.1) is 6.61 Å². The Hall–Kier alpha value is -0.640. The molecule has 1 unspecified atom stereocenters. The first-order valence-electron chi connectivity index (χ1n) is 4.82. The quantitative estimate of drug-likeness (QED) is 0.787. The highest BCUT2D eigenvalue weighted by atomic mass is 35.5. The van der Waals surface area contributed by atoms with Crippen LogP contribution in [0.5, 0.6) is 0 Å². The largest absolute Gasteiger partial charge is 0.383 e. The van der Waals surface area contributed by atoms with Gasteiger partial charge in [-0.15, -0.1) is 0 Å². The molecule has 0 spiro atoms. The van der Waals surface area contributed by atoms with Gasteiger partial charge in [0.2, 0.25) is 0 Å². The van der Waals surface area contributed by atoms with Crippen molar-refractivity contribution >= 4 is 11.6 Å². The highest BCUT2D eigenvalue weighted by Crippen LogP contribution is 2.23. The molecule has 0 aliphatic carbocycles. The zero-order valence-corrected chi connectivity index (χ0v) is 9.64. The van der Waals surface area contributed by atoms with Gasteiger partial charge in [0.1, 0.15) is 5.82 Å². The number of benzene rings is 1. The first kappa shape index (κ1) is 12.4. The highest BCUT2D eigenvalue weighted by molar-refractivity contribution is 6.31. The Kier molecular flexibility index (Phi) is 5.02. The van der Waals surface area contributed by atoms with E-state index >= 15 is 0 Å². The Labute approximate surface area is 94.4 Å². The molecule has 84 valence electrons. The normalized spacial score (nSPS) is 12.8. The van der Waals surface area contributed by atoms with Crippen LogP contribution in [0, 0.1) is 5.82 Å². The Morgan fingerprint density at radius 1 is 1.53 bits per heavy atom. The molecule has 0 aliphatic rings. The minimum atomic E-state index is -0.312. The number of halogens is 2. The molecule has 0 aliphatic heterocycles. The van der Waals surface area contributed by atoms with Crippen molar-refractivity contribution in [3.63, 3.8) is 0 Å². The molecule has 2 nitrogen and oxygen atoms in total. The summed E-state index contributed by atoms with van der Waals surface area (Å²) < 4.78 is 17.7. The predicted octanol–water partition coefficient (Wildman–Crippen LogP) is 2.78. The fourth-order valence-electron chi connectivity index (χ4n) is 1.34. The maximum atomic E-state index is 12.8. The van der Waals surface area contributed by atoms with Crippen LogP contribution in [0.4, 0.5) is 4.39 Å². The standard InChI is InChI=1S/C11H15ClFNO/c1-8(14-5-6-15-2)10-4-3-9(13)7-11(10)12/h3-4,7-8,14H,5-6H2,1-2H3. The summed E-state index contributed by atoms with van der Waals surface area (Å²) in [6.07, 6.45) is 0. The van der Waals surface area contributed by atoms with Crippen molar-refractivity contribution in [2.45, 2.75) is 13.0 Å². The van der Waals surface area contributed by atoms with Crippen LogP contribution in [0.2, 0.25) is 5.02 Å². The van der Waals surface area contributed by atoms with E-state index in [0.717, 1.165) is 12.1 Å². The molecule has 0 amide bonds. The smallest absolute Gasteiger partial charge is 0.124 e. The molecule has 15 heavy (non-hydrogen) atoms. The van der Waals surface area contributed by atoms with Crippen LogP contribution in [0.3, 0.4) is 0 Å². The van der Waals surface area contributed by atoms with E-state index in [1.54, 1.807) is 13.2 Å². The van der Waals surface area contributed by atoms with Crippen LogP contribution in [-0.4, -0.2) is 20.3 Å². The summed E-state index contributed by atoms with van der Waals surface area (Å²) in [5.74, 6) is -0.312. The van der Waals surface area contributed by atoms with Crippen molar-refractivity contribution in [1.29, 1.82) is 0 Å². The first-order chi connectivity index (χ1) is 7.15. The van der Waals surface area contributed by atoms with Gasteiger partial charge in [0.15, 0.2) is 0 Å². The van der Waals surface area contributed by atoms with E-state index in [0.29, 0.717) is 11.6 Å². The molecule has 1 rings (SSSR count). The second-order valence-electron chi connectivity index (χ2n) is 3.33. The van der Waals surface area contributed by atoms with Gasteiger partial charge in [-0.05, 0) is 24.6 Å². The molecule has 1 atom stereocenters. The SMILES string of the molecule is COCCNC(C)c1ccc(F)cc1Cl. The third kappa shape index (κ3) is 3.78. The maximum absolute atomic E-state index is 12.8. The van der Waals surface area contributed by atoms with E-state index in [-0.39, 0.29) is 11.9 Å². The van der Waals surface area contributed by atoms with E-state index < -0.39 is 0 Å². The maximum Gasteiger partial charge on any atom is 0.124 e. The fourth-order valence-corrected chi connectivity index (χ4v) is 1.67. The molecule has 1 aromatic carbocycles. The second-order valence-corrected chi connectivity index (χ2v) is 3.74. The van der Waals surface area contributed by atoms with Crippen LogP contribution in [0.25, 0.3) is 0 Å². The average molecular weight is 232 g/mol. The van der Waals surface area contributed by atoms with Crippen molar-refractivity contribution in [2.24, 2.45) is 0 Å². The summed E-state index contributed by atoms with van der Waals surface area (Å²) in [7, 11) is 1.65. The molecule has 0 fully saturated rings. The summed E-state index contributed by atoms with van der Waals surface area (Å²) in [5.41, 5.74) is 0.897. The van der Waals surface area contributed by atoms with Crippen LogP contribution in [0.1, 0.15) is 18.5 Å². The van der Waals surface area contributed by atoms with Gasteiger partial charge < -0.3 is 10.1 Å². The topological polar surface area (TPSA) is 21.3 Å². The lowest BCUT2D eigenvalue weighted by molar-refractivity contribution is 0.196. The Balaban J connectivity index is 2.61. The molecule has 4 heteroatoms. The zero-order chi connectivity index (χ0) is 11.3. The average Bonchev–Trinajstić information content (AvgIpc) is 2.17. The number of nitrogens with one attached hydrogen (secondary N) is 1. The second kappa shape index (κ2) is 6.05. The molecule has 1 N–H and O–H groups in total. The van der Waals surface area contributed by atoms with Gasteiger partial charge in [-0.1, -0.05) is 17.7 Å². The number of ether oxygens (including phenoxy) is 1. The van der Waals surface area contributed by atoms with E-state index in [1.165, 1.54) is 12.1 Å². The minimum Gasteiger partial charge on any atom is -0.383 e. The monoisotopic (exact) mass is 231 g/mol. The summed E-state index contributed by atoms with van der Waals surface area (Å²) in [4.78, 5) is 0. The van der Waals surface area contributed by atoms with Crippen molar-refractivity contribution < 1.29 is 9.13 Å². The lowest BCUT2D eigenvalue weighted by Crippen LogP contribution is -2.23. The van der Waals surface area contributed by atoms with Gasteiger partial charge in [-0.25, -0.2) is 4.39 Å². The van der Waals surface area contributed by atoms with Crippen molar-refractivity contribution in [3.05, 3.63) is 34.6 Å². The van der Waals surface area contributed by atoms with Crippen molar-refractivity contribution in [3.8, 4) is 0 Å². The van der Waals surface area contributed by atoms with E-state index in [4.69, 9.17) is 16.3 Å². The van der Waals surface area contributed by atoms with Crippen LogP contribution < -0.4 is 5.32 Å². The third-order valence-corrected chi connectivity index (χ3v) is 2.51. The van der Waals surface area contributed by atoms with Crippen LogP contribution >= 0.6 is 11.6 Å². The molecule has 0 aromatic heterocycles. The first-order valence-corrected chi connectivity index (χ1v) is 5.20. The van der Waals surface area contributed by atoms with Crippen LogP contribution in [-0.2, 0) is 4.74 Å². The van der Waals surface area contributed by atoms with Crippen molar-refractivity contribution in [1.82, 2.24) is 5.32 Å². The Morgan fingerprint density at radius 2 is 2.27 bits per heavy atom. The van der Waals surface area contributed by atoms with E-state index in [9.17, 15) is 4.39 Å². The summed E-state index contributed by atoms with van der Waals surface area (Å²) in [6.45, 7) is 3.36. The predicted molar refractivity (Wildman–Crippen MR) is 59.7 cm³/mol. The number of hydrogen-bond acceptors (Lipinski definition) is 2. The highest BCUT2D eigenvalue weighted by Gasteiger charge is 2.09. The van der Waals surface area contributed by atoms with Gasteiger partial charge in [0.25, 0.3) is 0 Å². The molecule has 0 saturated heterocycles. The molecular weight excluding hydrogens is 217 g/mol. The molecule has 0 bridgehead atoms. The fraction of sp³-hybridized carbons (Fsp3) is 0.455. The molecule has 0 radical (unpaired) electrons. The lowest BCUT2D eigenvalue weighted by Gasteiger charge is -2.15. The summed E-state index contributed by atoms with van der Waals surface area (Å²) >= 11 is 5.93. The molecule has 0 saturated carbocycles. The summed E-state index contributed by atoms with van der Waals surface area (Å²) in [5, 5.41) is 3.68. The van der Waals surface area contributed by atoms with Gasteiger partial charge >= 0.3 is 0 Å². The van der Waals surface area contributed by atoms with Gasteiger partial charge in [0, 0.05) is 24.7 Å².